The monoisotopic (exact) mass is 247 g/mol. The van der Waals surface area contributed by atoms with Crippen LogP contribution in [0.25, 0.3) is 0 Å². The van der Waals surface area contributed by atoms with E-state index in [1.165, 1.54) is 25.7 Å². The van der Waals surface area contributed by atoms with Crippen LogP contribution in [0, 0.1) is 12.8 Å². The Labute approximate surface area is 108 Å². The number of nitrogens with two attached hydrogens (primary N) is 1. The summed E-state index contributed by atoms with van der Waals surface area (Å²) in [5.41, 5.74) is 7.49. The second-order valence-corrected chi connectivity index (χ2v) is 5.10. The van der Waals surface area contributed by atoms with E-state index in [-0.39, 0.29) is 5.91 Å². The zero-order valence-corrected chi connectivity index (χ0v) is 10.9. The van der Waals surface area contributed by atoms with Crippen molar-refractivity contribution in [2.75, 3.05) is 12.3 Å². The zero-order valence-electron chi connectivity index (χ0n) is 10.9. The lowest BCUT2D eigenvalue weighted by atomic mass is 10.0. The molecule has 0 aromatic carbocycles. The maximum absolute atomic E-state index is 12.0. The highest BCUT2D eigenvalue weighted by Gasteiger charge is 2.15. The highest BCUT2D eigenvalue weighted by Crippen LogP contribution is 2.26. The van der Waals surface area contributed by atoms with Crippen LogP contribution in [0.3, 0.4) is 0 Å². The fraction of sp³-hybridized carbons (Fsp3) is 0.571. The van der Waals surface area contributed by atoms with Gasteiger partial charge in [-0.25, -0.2) is 0 Å². The van der Waals surface area contributed by atoms with Crippen LogP contribution in [0.5, 0.6) is 0 Å². The minimum absolute atomic E-state index is 0.0645. The minimum Gasteiger partial charge on any atom is -0.397 e. The van der Waals surface area contributed by atoms with E-state index in [0.717, 1.165) is 24.6 Å². The number of hydrogen-bond acceptors (Lipinski definition) is 3. The Hall–Kier alpha value is -1.58. The molecule has 1 aromatic rings. The number of nitrogens with one attached hydrogen (secondary N) is 1. The maximum Gasteiger partial charge on any atom is 0.253 e. The predicted octanol–water partition coefficient (Wildman–Crippen LogP) is 2.28. The second-order valence-electron chi connectivity index (χ2n) is 5.10. The van der Waals surface area contributed by atoms with Gasteiger partial charge in [0.05, 0.1) is 23.1 Å². The molecule has 18 heavy (non-hydrogen) atoms. The molecule has 1 aliphatic carbocycles. The molecule has 1 fully saturated rings. The molecule has 0 atom stereocenters. The Bertz CT molecular complexity index is 425. The van der Waals surface area contributed by atoms with Gasteiger partial charge in [-0.05, 0) is 25.3 Å². The summed E-state index contributed by atoms with van der Waals surface area (Å²) < 4.78 is 0. The largest absolute Gasteiger partial charge is 0.397 e. The van der Waals surface area contributed by atoms with Crippen molar-refractivity contribution in [2.24, 2.45) is 5.92 Å². The molecule has 2 rings (SSSR count). The highest BCUT2D eigenvalue weighted by molar-refractivity contribution is 5.95. The maximum atomic E-state index is 12.0. The first kappa shape index (κ1) is 12.9. The first-order chi connectivity index (χ1) is 8.66. The summed E-state index contributed by atoms with van der Waals surface area (Å²) in [4.78, 5) is 16.1. The molecule has 0 spiro atoms. The van der Waals surface area contributed by atoms with Gasteiger partial charge in [0.1, 0.15) is 0 Å². The lowest BCUT2D eigenvalue weighted by Crippen LogP contribution is -2.26. The van der Waals surface area contributed by atoms with Gasteiger partial charge in [-0.15, -0.1) is 0 Å². The number of hydrogen-bond donors (Lipinski definition) is 2. The van der Waals surface area contributed by atoms with Crippen molar-refractivity contribution in [3.05, 3.63) is 23.5 Å². The lowest BCUT2D eigenvalue weighted by Gasteiger charge is -2.11. The molecule has 3 N–H and O–H groups in total. The molecule has 0 aliphatic heterocycles. The summed E-state index contributed by atoms with van der Waals surface area (Å²) in [6.07, 6.45) is 7.97. The van der Waals surface area contributed by atoms with Crippen LogP contribution in [0.2, 0.25) is 0 Å². The number of nitrogens with zero attached hydrogens (tertiary/aromatic N) is 1. The number of rotatable bonds is 4. The molecule has 1 amide bonds. The van der Waals surface area contributed by atoms with E-state index < -0.39 is 0 Å². The number of carbonyl (C=O) groups is 1. The average molecular weight is 247 g/mol. The number of aryl methyl sites for hydroxylation is 1. The lowest BCUT2D eigenvalue weighted by molar-refractivity contribution is 0.0950. The number of amides is 1. The van der Waals surface area contributed by atoms with Crippen molar-refractivity contribution < 1.29 is 4.79 Å². The van der Waals surface area contributed by atoms with Crippen molar-refractivity contribution in [2.45, 2.75) is 39.0 Å². The smallest absolute Gasteiger partial charge is 0.253 e. The van der Waals surface area contributed by atoms with Gasteiger partial charge in [0.25, 0.3) is 5.91 Å². The Morgan fingerprint density at radius 3 is 2.94 bits per heavy atom. The Kier molecular flexibility index (Phi) is 4.18. The number of aromatic nitrogens is 1. The van der Waals surface area contributed by atoms with Gasteiger partial charge in [-0.3, -0.25) is 9.78 Å². The van der Waals surface area contributed by atoms with Crippen molar-refractivity contribution in [1.29, 1.82) is 0 Å². The van der Waals surface area contributed by atoms with E-state index >= 15 is 0 Å². The third-order valence-electron chi connectivity index (χ3n) is 3.67. The van der Waals surface area contributed by atoms with E-state index in [4.69, 9.17) is 5.73 Å². The van der Waals surface area contributed by atoms with Crippen LogP contribution in [0.15, 0.2) is 12.3 Å². The number of pyridine rings is 1. The van der Waals surface area contributed by atoms with Crippen LogP contribution in [0.1, 0.15) is 48.2 Å². The fourth-order valence-electron chi connectivity index (χ4n) is 2.56. The standard InChI is InChI=1S/C14H21N3O/c1-10-13(8-12(15)9-17-10)14(18)16-7-6-11-4-2-3-5-11/h8-9,11H,2-7,15H2,1H3,(H,16,18). The van der Waals surface area contributed by atoms with Crippen molar-refractivity contribution >= 4 is 11.6 Å². The third kappa shape index (κ3) is 3.22. The quantitative estimate of drug-likeness (QED) is 0.857. The molecule has 0 radical (unpaired) electrons. The van der Waals surface area contributed by atoms with Gasteiger partial charge in [-0.1, -0.05) is 25.7 Å². The van der Waals surface area contributed by atoms with Gasteiger partial charge in [-0.2, -0.15) is 0 Å². The van der Waals surface area contributed by atoms with Crippen LogP contribution in [-0.2, 0) is 0 Å². The van der Waals surface area contributed by atoms with Crippen molar-refractivity contribution in [3.8, 4) is 0 Å². The van der Waals surface area contributed by atoms with E-state index in [1.54, 1.807) is 12.3 Å². The summed E-state index contributed by atoms with van der Waals surface area (Å²) in [7, 11) is 0. The molecule has 4 nitrogen and oxygen atoms in total. The van der Waals surface area contributed by atoms with Gasteiger partial charge in [0, 0.05) is 6.54 Å². The van der Waals surface area contributed by atoms with Crippen LogP contribution in [-0.4, -0.2) is 17.4 Å². The first-order valence-electron chi connectivity index (χ1n) is 6.67. The molecule has 0 bridgehead atoms. The van der Waals surface area contributed by atoms with Gasteiger partial charge >= 0.3 is 0 Å². The molecule has 1 heterocycles. The summed E-state index contributed by atoms with van der Waals surface area (Å²) >= 11 is 0. The third-order valence-corrected chi connectivity index (χ3v) is 3.67. The van der Waals surface area contributed by atoms with E-state index in [1.807, 2.05) is 6.92 Å². The summed E-state index contributed by atoms with van der Waals surface area (Å²) in [5, 5.41) is 2.96. The predicted molar refractivity (Wildman–Crippen MR) is 72.3 cm³/mol. The molecular weight excluding hydrogens is 226 g/mol. The normalized spacial score (nSPS) is 15.8. The topological polar surface area (TPSA) is 68.0 Å². The zero-order chi connectivity index (χ0) is 13.0. The molecule has 4 heteroatoms. The van der Waals surface area contributed by atoms with Crippen LogP contribution in [0.4, 0.5) is 5.69 Å². The van der Waals surface area contributed by atoms with Crippen molar-refractivity contribution in [3.63, 3.8) is 0 Å². The molecule has 98 valence electrons. The molecule has 1 aromatic heterocycles. The highest BCUT2D eigenvalue weighted by atomic mass is 16.1. The van der Waals surface area contributed by atoms with E-state index in [9.17, 15) is 4.79 Å². The number of anilines is 1. The summed E-state index contributed by atoms with van der Waals surface area (Å²) in [6, 6.07) is 1.69. The molecule has 1 aliphatic rings. The number of nitrogen functional groups attached to an aromatic ring is 1. The average Bonchev–Trinajstić information content (AvgIpc) is 2.85. The van der Waals surface area contributed by atoms with E-state index in [2.05, 4.69) is 10.3 Å². The summed E-state index contributed by atoms with van der Waals surface area (Å²) in [6.45, 7) is 2.57. The molecular formula is C14H21N3O. The molecule has 0 unspecified atom stereocenters. The Balaban J connectivity index is 1.85. The van der Waals surface area contributed by atoms with Crippen LogP contribution < -0.4 is 11.1 Å². The van der Waals surface area contributed by atoms with Gasteiger partial charge in [0.15, 0.2) is 0 Å². The number of carbonyl (C=O) groups excluding carboxylic acids is 1. The second kappa shape index (κ2) is 5.85. The Morgan fingerprint density at radius 2 is 2.22 bits per heavy atom. The Morgan fingerprint density at radius 1 is 1.50 bits per heavy atom. The SMILES string of the molecule is Cc1ncc(N)cc1C(=O)NCCC1CCCC1. The van der Waals surface area contributed by atoms with Gasteiger partial charge < -0.3 is 11.1 Å². The first-order valence-corrected chi connectivity index (χ1v) is 6.67. The molecule has 1 saturated carbocycles. The minimum atomic E-state index is -0.0645. The fourth-order valence-corrected chi connectivity index (χ4v) is 2.56. The van der Waals surface area contributed by atoms with Crippen molar-refractivity contribution in [1.82, 2.24) is 10.3 Å². The van der Waals surface area contributed by atoms with Gasteiger partial charge in [0.2, 0.25) is 0 Å². The van der Waals surface area contributed by atoms with Crippen LogP contribution >= 0.6 is 0 Å². The molecule has 0 saturated heterocycles. The van der Waals surface area contributed by atoms with E-state index in [0.29, 0.717) is 11.3 Å². The summed E-state index contributed by atoms with van der Waals surface area (Å²) in [5.74, 6) is 0.732.